The molecule has 1 fully saturated rings. The number of aliphatic carboxylic acids is 1. The quantitative estimate of drug-likeness (QED) is 0.724. The number of carbonyl (C=O) groups is 2. The third-order valence-electron chi connectivity index (χ3n) is 4.20. The second-order valence-electron chi connectivity index (χ2n) is 5.99. The molecule has 26 heavy (non-hydrogen) atoms. The van der Waals surface area contributed by atoms with E-state index in [9.17, 15) is 9.59 Å². The van der Waals surface area contributed by atoms with Crippen LogP contribution < -0.4 is 14.2 Å². The number of carboxylic acids is 1. The van der Waals surface area contributed by atoms with Gasteiger partial charge in [-0.15, -0.1) is 0 Å². The van der Waals surface area contributed by atoms with Gasteiger partial charge in [-0.1, -0.05) is 0 Å². The number of likely N-dealkylation sites (tertiary alicyclic amines) is 1. The Bertz CT molecular complexity index is 618. The number of hydrogen-bond donors (Lipinski definition) is 1. The number of nitrogens with zero attached hydrogens (tertiary/aromatic N) is 1. The van der Waals surface area contributed by atoms with Crippen molar-refractivity contribution in [3.63, 3.8) is 0 Å². The van der Waals surface area contributed by atoms with Crippen LogP contribution in [0.15, 0.2) is 12.1 Å². The number of ether oxygens (including phenoxy) is 3. The first-order chi connectivity index (χ1) is 12.5. The third kappa shape index (κ3) is 4.59. The average Bonchev–Trinajstić information content (AvgIpc) is 3.04. The molecule has 2 rings (SSSR count). The molecule has 0 spiro atoms. The van der Waals surface area contributed by atoms with Crippen molar-refractivity contribution in [2.45, 2.75) is 46.1 Å². The van der Waals surface area contributed by atoms with Gasteiger partial charge in [-0.2, -0.15) is 0 Å². The zero-order valence-electron chi connectivity index (χ0n) is 15.6. The Labute approximate surface area is 153 Å². The van der Waals surface area contributed by atoms with Crippen molar-refractivity contribution in [3.8, 4) is 17.2 Å². The predicted octanol–water partition coefficient (Wildman–Crippen LogP) is 2.96. The van der Waals surface area contributed by atoms with Crippen LogP contribution in [0, 0.1) is 0 Å². The summed E-state index contributed by atoms with van der Waals surface area (Å²) in [6, 6.07) is 3.02. The van der Waals surface area contributed by atoms with Gasteiger partial charge in [-0.25, -0.2) is 0 Å². The molecule has 1 N–H and O–H groups in total. The van der Waals surface area contributed by atoms with E-state index >= 15 is 0 Å². The number of carboxylic acid groups (broad SMARTS) is 1. The van der Waals surface area contributed by atoms with Gasteiger partial charge in [0.15, 0.2) is 11.5 Å². The fourth-order valence-corrected chi connectivity index (χ4v) is 3.19. The highest BCUT2D eigenvalue weighted by atomic mass is 16.5. The topological polar surface area (TPSA) is 85.3 Å². The highest BCUT2D eigenvalue weighted by molar-refractivity contribution is 5.96. The molecule has 1 aliphatic heterocycles. The fraction of sp³-hybridized carbons (Fsp3) is 0.579. The summed E-state index contributed by atoms with van der Waals surface area (Å²) < 4.78 is 17.0. The largest absolute Gasteiger partial charge is 0.490 e. The average molecular weight is 365 g/mol. The number of hydrogen-bond acceptors (Lipinski definition) is 5. The Morgan fingerprint density at radius 3 is 2.15 bits per heavy atom. The molecule has 7 nitrogen and oxygen atoms in total. The van der Waals surface area contributed by atoms with Crippen molar-refractivity contribution < 1.29 is 28.9 Å². The Morgan fingerprint density at radius 1 is 1.08 bits per heavy atom. The highest BCUT2D eigenvalue weighted by Crippen LogP contribution is 2.40. The van der Waals surface area contributed by atoms with Gasteiger partial charge in [-0.05, 0) is 45.7 Å². The first kappa shape index (κ1) is 19.9. The molecule has 0 bridgehead atoms. The summed E-state index contributed by atoms with van der Waals surface area (Å²) >= 11 is 0. The summed E-state index contributed by atoms with van der Waals surface area (Å²) in [6.07, 6.45) is 1.46. The summed E-state index contributed by atoms with van der Waals surface area (Å²) in [5, 5.41) is 9.07. The lowest BCUT2D eigenvalue weighted by Crippen LogP contribution is -2.36. The summed E-state index contributed by atoms with van der Waals surface area (Å²) in [5.74, 6) is 0.289. The molecule has 1 unspecified atom stereocenters. The molecule has 1 aromatic rings. The molecule has 0 aromatic heterocycles. The number of benzene rings is 1. The van der Waals surface area contributed by atoms with Crippen molar-refractivity contribution in [1.82, 2.24) is 4.90 Å². The molecule has 1 heterocycles. The minimum Gasteiger partial charge on any atom is -0.490 e. The van der Waals surface area contributed by atoms with E-state index in [1.807, 2.05) is 20.8 Å². The van der Waals surface area contributed by atoms with E-state index in [2.05, 4.69) is 0 Å². The van der Waals surface area contributed by atoms with E-state index in [0.29, 0.717) is 55.6 Å². The summed E-state index contributed by atoms with van der Waals surface area (Å²) in [5.41, 5.74) is 0.414. The molecule has 1 atom stereocenters. The fourth-order valence-electron chi connectivity index (χ4n) is 3.19. The van der Waals surface area contributed by atoms with Gasteiger partial charge >= 0.3 is 5.97 Å². The highest BCUT2D eigenvalue weighted by Gasteiger charge is 2.32. The predicted molar refractivity (Wildman–Crippen MR) is 96.3 cm³/mol. The molecule has 1 aliphatic rings. The van der Waals surface area contributed by atoms with Gasteiger partial charge in [0.25, 0.3) is 5.91 Å². The Balaban J connectivity index is 2.37. The maximum atomic E-state index is 13.0. The molecule has 1 amide bonds. The van der Waals surface area contributed by atoms with Crippen LogP contribution in [0.5, 0.6) is 17.2 Å². The van der Waals surface area contributed by atoms with Gasteiger partial charge in [0.2, 0.25) is 5.75 Å². The van der Waals surface area contributed by atoms with Crippen LogP contribution in [0.2, 0.25) is 0 Å². The maximum absolute atomic E-state index is 13.0. The van der Waals surface area contributed by atoms with E-state index < -0.39 is 5.97 Å². The lowest BCUT2D eigenvalue weighted by Gasteiger charge is -2.24. The molecule has 144 valence electrons. The molecule has 0 aliphatic carbocycles. The van der Waals surface area contributed by atoms with Crippen LogP contribution in [0.4, 0.5) is 0 Å². The molecule has 1 saturated heterocycles. The van der Waals surface area contributed by atoms with Gasteiger partial charge in [0.05, 0.1) is 26.2 Å². The van der Waals surface area contributed by atoms with Crippen molar-refractivity contribution in [3.05, 3.63) is 17.7 Å². The Morgan fingerprint density at radius 2 is 1.65 bits per heavy atom. The number of amides is 1. The normalized spacial score (nSPS) is 16.4. The SMILES string of the molecule is CCOc1cc(C(=O)N2CCCC2CC(=O)O)cc(OCC)c1OCC. The zero-order valence-corrected chi connectivity index (χ0v) is 15.6. The maximum Gasteiger partial charge on any atom is 0.305 e. The van der Waals surface area contributed by atoms with E-state index in [1.165, 1.54) is 0 Å². The van der Waals surface area contributed by atoms with Crippen LogP contribution in [-0.4, -0.2) is 54.3 Å². The van der Waals surface area contributed by atoms with Gasteiger partial charge in [-0.3, -0.25) is 9.59 Å². The first-order valence-electron chi connectivity index (χ1n) is 9.10. The number of carbonyl (C=O) groups excluding carboxylic acids is 1. The summed E-state index contributed by atoms with van der Waals surface area (Å²) in [6.45, 7) is 7.43. The summed E-state index contributed by atoms with van der Waals surface area (Å²) in [7, 11) is 0. The van der Waals surface area contributed by atoms with Crippen LogP contribution in [0.25, 0.3) is 0 Å². The molecule has 0 saturated carbocycles. The lowest BCUT2D eigenvalue weighted by atomic mass is 10.1. The molecular weight excluding hydrogens is 338 g/mol. The smallest absolute Gasteiger partial charge is 0.305 e. The van der Waals surface area contributed by atoms with Crippen molar-refractivity contribution >= 4 is 11.9 Å². The molecule has 1 aromatic carbocycles. The molecule has 0 radical (unpaired) electrons. The zero-order chi connectivity index (χ0) is 19.1. The third-order valence-corrected chi connectivity index (χ3v) is 4.20. The van der Waals surface area contributed by atoms with Crippen molar-refractivity contribution in [2.24, 2.45) is 0 Å². The van der Waals surface area contributed by atoms with E-state index in [1.54, 1.807) is 17.0 Å². The lowest BCUT2D eigenvalue weighted by molar-refractivity contribution is -0.137. The molecule has 7 heteroatoms. The van der Waals surface area contributed by atoms with Gasteiger partial charge < -0.3 is 24.2 Å². The standard InChI is InChI=1S/C19H27NO6/c1-4-24-15-10-13(11-16(25-5-2)18(15)26-6-3)19(23)20-9-7-8-14(20)12-17(21)22/h10-11,14H,4-9,12H2,1-3H3,(H,21,22). The van der Waals surface area contributed by atoms with Gasteiger partial charge in [0.1, 0.15) is 0 Å². The van der Waals surface area contributed by atoms with Crippen LogP contribution in [0.3, 0.4) is 0 Å². The van der Waals surface area contributed by atoms with E-state index in [4.69, 9.17) is 19.3 Å². The number of rotatable bonds is 9. The van der Waals surface area contributed by atoms with Crippen LogP contribution >= 0.6 is 0 Å². The van der Waals surface area contributed by atoms with Crippen molar-refractivity contribution in [2.75, 3.05) is 26.4 Å². The second kappa shape index (κ2) is 9.31. The van der Waals surface area contributed by atoms with Crippen molar-refractivity contribution in [1.29, 1.82) is 0 Å². The Kier molecular flexibility index (Phi) is 7.12. The van der Waals surface area contributed by atoms with Crippen LogP contribution in [-0.2, 0) is 4.79 Å². The molecular formula is C19H27NO6. The van der Waals surface area contributed by atoms with Crippen LogP contribution in [0.1, 0.15) is 50.4 Å². The summed E-state index contributed by atoms with van der Waals surface area (Å²) in [4.78, 5) is 25.7. The van der Waals surface area contributed by atoms with Gasteiger partial charge in [0, 0.05) is 18.2 Å². The minimum atomic E-state index is -0.897. The minimum absolute atomic E-state index is 0.0423. The van der Waals surface area contributed by atoms with E-state index in [0.717, 1.165) is 6.42 Å². The second-order valence-corrected chi connectivity index (χ2v) is 5.99. The van der Waals surface area contributed by atoms with E-state index in [-0.39, 0.29) is 18.4 Å². The first-order valence-corrected chi connectivity index (χ1v) is 9.10. The Hall–Kier alpha value is -2.44. The monoisotopic (exact) mass is 365 g/mol.